The molecule has 0 saturated heterocycles. The van der Waals surface area contributed by atoms with Crippen LogP contribution in [0.5, 0.6) is 0 Å². The summed E-state index contributed by atoms with van der Waals surface area (Å²) in [7, 11) is 0. The van der Waals surface area contributed by atoms with Crippen molar-refractivity contribution in [3.63, 3.8) is 0 Å². The Bertz CT molecular complexity index is 820. The van der Waals surface area contributed by atoms with Crippen LogP contribution in [0.4, 0.5) is 18.9 Å². The van der Waals surface area contributed by atoms with E-state index in [0.717, 1.165) is 12.8 Å². The molecule has 6 nitrogen and oxygen atoms in total. The van der Waals surface area contributed by atoms with Gasteiger partial charge >= 0.3 is 6.18 Å². The van der Waals surface area contributed by atoms with Crippen molar-refractivity contribution in [2.75, 3.05) is 5.32 Å². The summed E-state index contributed by atoms with van der Waals surface area (Å²) in [4.78, 5) is 12.6. The maximum absolute atomic E-state index is 13.0. The number of rotatable bonds is 3. The second kappa shape index (κ2) is 5.60. The fourth-order valence-corrected chi connectivity index (χ4v) is 3.34. The van der Waals surface area contributed by atoms with Crippen LogP contribution < -0.4 is 5.32 Å². The normalized spacial score (nSPS) is 20.4. The van der Waals surface area contributed by atoms with E-state index in [4.69, 9.17) is 4.52 Å². The summed E-state index contributed by atoms with van der Waals surface area (Å²) in [5, 5.41) is 12.6. The average Bonchev–Trinajstić information content (AvgIpc) is 3.19. The predicted molar refractivity (Wildman–Crippen MR) is 80.9 cm³/mol. The van der Waals surface area contributed by atoms with Crippen LogP contribution in [-0.4, -0.2) is 21.3 Å². The Balaban J connectivity index is 1.53. The Labute approximate surface area is 141 Å². The molecule has 134 valence electrons. The van der Waals surface area contributed by atoms with Gasteiger partial charge in [-0.3, -0.25) is 9.89 Å². The molecule has 0 bridgehead atoms. The molecule has 0 radical (unpaired) electrons. The number of hydrogen-bond acceptors (Lipinski definition) is 4. The fourth-order valence-electron chi connectivity index (χ4n) is 3.34. The lowest BCUT2D eigenvalue weighted by Crippen LogP contribution is -2.29. The van der Waals surface area contributed by atoms with E-state index in [0.29, 0.717) is 35.7 Å². The summed E-state index contributed by atoms with van der Waals surface area (Å²) in [6.07, 6.45) is -1.67. The van der Waals surface area contributed by atoms with Gasteiger partial charge in [-0.15, -0.1) is 0 Å². The van der Waals surface area contributed by atoms with Gasteiger partial charge in [0.2, 0.25) is 5.91 Å². The zero-order valence-electron chi connectivity index (χ0n) is 13.5. The third-order valence-corrected chi connectivity index (χ3v) is 4.87. The van der Waals surface area contributed by atoms with Gasteiger partial charge in [0.1, 0.15) is 11.4 Å². The number of hydrogen-bond donors (Lipinski definition) is 2. The number of aromatic amines is 1. The van der Waals surface area contributed by atoms with E-state index in [9.17, 15) is 18.0 Å². The van der Waals surface area contributed by atoms with E-state index in [1.54, 1.807) is 6.92 Å². The van der Waals surface area contributed by atoms with Crippen LogP contribution in [0.1, 0.15) is 53.6 Å². The van der Waals surface area contributed by atoms with Gasteiger partial charge in [0.05, 0.1) is 0 Å². The van der Waals surface area contributed by atoms with Crippen LogP contribution in [0.15, 0.2) is 4.52 Å². The molecule has 1 amide bonds. The van der Waals surface area contributed by atoms with E-state index in [1.807, 2.05) is 0 Å². The van der Waals surface area contributed by atoms with Gasteiger partial charge in [0.15, 0.2) is 11.5 Å². The minimum absolute atomic E-state index is 0.0234. The lowest BCUT2D eigenvalue weighted by molar-refractivity contribution is -0.142. The first-order valence-corrected chi connectivity index (χ1v) is 8.25. The third kappa shape index (κ3) is 2.91. The zero-order valence-corrected chi connectivity index (χ0v) is 13.5. The highest BCUT2D eigenvalue weighted by molar-refractivity contribution is 5.94. The van der Waals surface area contributed by atoms with Crippen LogP contribution in [0.3, 0.4) is 0 Å². The summed E-state index contributed by atoms with van der Waals surface area (Å²) in [5.41, 5.74) is 0.812. The predicted octanol–water partition coefficient (Wildman–Crippen LogP) is 3.35. The molecular formula is C16H17F3N4O2. The van der Waals surface area contributed by atoms with Crippen molar-refractivity contribution in [3.8, 4) is 0 Å². The Hall–Kier alpha value is -2.32. The third-order valence-electron chi connectivity index (χ3n) is 4.87. The van der Waals surface area contributed by atoms with Crippen molar-refractivity contribution in [3.05, 3.63) is 28.4 Å². The largest absolute Gasteiger partial charge is 0.435 e. The number of carbonyl (C=O) groups is 1. The quantitative estimate of drug-likeness (QED) is 0.885. The molecule has 2 heterocycles. The van der Waals surface area contributed by atoms with E-state index in [2.05, 4.69) is 20.7 Å². The number of alkyl halides is 3. The number of nitrogens with one attached hydrogen (secondary N) is 2. The number of aryl methyl sites for hydroxylation is 2. The molecule has 2 aromatic rings. The Morgan fingerprint density at radius 1 is 1.32 bits per heavy atom. The molecule has 0 spiro atoms. The molecule has 1 fully saturated rings. The second-order valence-corrected chi connectivity index (χ2v) is 6.74. The monoisotopic (exact) mass is 354 g/mol. The highest BCUT2D eigenvalue weighted by Crippen LogP contribution is 2.44. The number of aromatic nitrogens is 3. The first-order valence-electron chi connectivity index (χ1n) is 8.25. The molecule has 25 heavy (non-hydrogen) atoms. The molecule has 2 aromatic heterocycles. The van der Waals surface area contributed by atoms with Crippen LogP contribution in [-0.2, 0) is 23.8 Å². The van der Waals surface area contributed by atoms with Crippen molar-refractivity contribution >= 4 is 11.6 Å². The number of nitrogens with zero attached hydrogens (tertiary/aromatic N) is 2. The first-order chi connectivity index (χ1) is 11.8. The average molecular weight is 354 g/mol. The number of fused-ring (bicyclic) bond motifs is 1. The van der Waals surface area contributed by atoms with Crippen molar-refractivity contribution in [1.82, 2.24) is 15.4 Å². The number of anilines is 1. The van der Waals surface area contributed by atoms with Gasteiger partial charge in [-0.1, -0.05) is 5.16 Å². The Kier molecular flexibility index (Phi) is 3.62. The van der Waals surface area contributed by atoms with Gasteiger partial charge in [0, 0.05) is 23.1 Å². The highest BCUT2D eigenvalue weighted by Gasteiger charge is 2.41. The summed E-state index contributed by atoms with van der Waals surface area (Å²) < 4.78 is 44.4. The fraction of sp³-hybridized carbons (Fsp3) is 0.562. The first kappa shape index (κ1) is 16.2. The van der Waals surface area contributed by atoms with Crippen LogP contribution in [0.2, 0.25) is 0 Å². The number of carbonyl (C=O) groups excluding carboxylic acids is 1. The molecule has 2 aliphatic rings. The van der Waals surface area contributed by atoms with Crippen LogP contribution in [0, 0.1) is 12.8 Å². The molecule has 2 N–H and O–H groups in total. The van der Waals surface area contributed by atoms with Gasteiger partial charge in [-0.2, -0.15) is 18.3 Å². The molecule has 0 unspecified atom stereocenters. The number of H-pyrrole nitrogens is 1. The molecule has 2 aliphatic carbocycles. The molecule has 0 aliphatic heterocycles. The van der Waals surface area contributed by atoms with Crippen LogP contribution >= 0.6 is 0 Å². The summed E-state index contributed by atoms with van der Waals surface area (Å²) in [6, 6.07) is 0. The molecule has 1 atom stereocenters. The Morgan fingerprint density at radius 2 is 2.08 bits per heavy atom. The van der Waals surface area contributed by atoms with Crippen LogP contribution in [0.25, 0.3) is 0 Å². The number of amides is 1. The highest BCUT2D eigenvalue weighted by atomic mass is 19.4. The standard InChI is InChI=1S/C16H17F3N4O2/c1-7-12(13(25-23-7)8-2-3-8)20-15(24)9-4-5-11-10(6-9)14(22-21-11)16(17,18)19/h8-9H,2-6H2,1H3,(H,20,24)(H,21,22)/t9-/m1/s1. The molecule has 4 rings (SSSR count). The number of halogens is 3. The maximum Gasteiger partial charge on any atom is 0.435 e. The van der Waals surface area contributed by atoms with Crippen molar-refractivity contribution in [2.45, 2.75) is 51.1 Å². The second-order valence-electron chi connectivity index (χ2n) is 6.74. The summed E-state index contributed by atoms with van der Waals surface area (Å²) >= 11 is 0. The topological polar surface area (TPSA) is 83.8 Å². The minimum atomic E-state index is -4.52. The van der Waals surface area contributed by atoms with Crippen molar-refractivity contribution in [2.24, 2.45) is 5.92 Å². The van der Waals surface area contributed by atoms with Gasteiger partial charge in [0.25, 0.3) is 0 Å². The van der Waals surface area contributed by atoms with Crippen molar-refractivity contribution in [1.29, 1.82) is 0 Å². The lowest BCUT2D eigenvalue weighted by atomic mass is 9.85. The smallest absolute Gasteiger partial charge is 0.359 e. The zero-order chi connectivity index (χ0) is 17.8. The molecule has 0 aromatic carbocycles. The van der Waals surface area contributed by atoms with E-state index in [-0.39, 0.29) is 23.8 Å². The maximum atomic E-state index is 13.0. The molecule has 1 saturated carbocycles. The summed E-state index contributed by atoms with van der Waals surface area (Å²) in [6.45, 7) is 1.74. The molecule has 9 heteroatoms. The van der Waals surface area contributed by atoms with E-state index in [1.165, 1.54) is 0 Å². The van der Waals surface area contributed by atoms with Crippen molar-refractivity contribution < 1.29 is 22.5 Å². The van der Waals surface area contributed by atoms with E-state index >= 15 is 0 Å². The Morgan fingerprint density at radius 3 is 2.76 bits per heavy atom. The summed E-state index contributed by atoms with van der Waals surface area (Å²) in [5.74, 6) is 0.113. The molecular weight excluding hydrogens is 337 g/mol. The SMILES string of the molecule is Cc1noc(C2CC2)c1NC(=O)[C@@H]1CCc2[nH]nc(C(F)(F)F)c2C1. The van der Waals surface area contributed by atoms with Gasteiger partial charge in [-0.25, -0.2) is 0 Å². The van der Waals surface area contributed by atoms with Gasteiger partial charge in [-0.05, 0) is 39.0 Å². The lowest BCUT2D eigenvalue weighted by Gasteiger charge is -2.22. The van der Waals surface area contributed by atoms with E-state index < -0.39 is 17.8 Å². The minimum Gasteiger partial charge on any atom is -0.359 e. The van der Waals surface area contributed by atoms with Gasteiger partial charge < -0.3 is 9.84 Å².